The number of nitrogens with one attached hydrogen (secondary N) is 1. The van der Waals surface area contributed by atoms with Crippen LogP contribution in [0.25, 0.3) is 0 Å². The fourth-order valence-electron chi connectivity index (χ4n) is 0.868. The predicted octanol–water partition coefficient (Wildman–Crippen LogP) is -0.594. The van der Waals surface area contributed by atoms with Crippen LogP contribution in [0.3, 0.4) is 0 Å². The van der Waals surface area contributed by atoms with Crippen molar-refractivity contribution in [2.45, 2.75) is 26.9 Å². The number of aliphatic hydroxyl groups is 1. The van der Waals surface area contributed by atoms with Crippen molar-refractivity contribution in [1.29, 1.82) is 0 Å². The molecule has 0 aromatic carbocycles. The number of aliphatic hydroxyl groups excluding tert-OH is 1. The van der Waals surface area contributed by atoms with Crippen molar-refractivity contribution in [3.8, 4) is 0 Å². The van der Waals surface area contributed by atoms with Crippen LogP contribution in [-0.4, -0.2) is 24.3 Å². The monoisotopic (exact) mass is 147 g/mol. The molecule has 0 aliphatic carbocycles. The second kappa shape index (κ2) is 4.66. The van der Waals surface area contributed by atoms with Crippen molar-refractivity contribution in [3.63, 3.8) is 0 Å². The van der Waals surface area contributed by atoms with Gasteiger partial charge in [-0.3, -0.25) is 0 Å². The van der Waals surface area contributed by atoms with Gasteiger partial charge in [-0.25, -0.2) is 0 Å². The number of hydrogen-bond acceptors (Lipinski definition) is 2. The first-order valence-corrected chi connectivity index (χ1v) is 3.72. The Morgan fingerprint density at radius 1 is 1.30 bits per heavy atom. The number of rotatable bonds is 4. The standard InChI is InChI=1S/C7H17NO2/c1-6(2)4-8(10)5-7(3)9/h6-9H,4-5H2,1-3H3. The Kier molecular flexibility index (Phi) is 4.60. The van der Waals surface area contributed by atoms with Crippen molar-refractivity contribution in [2.75, 3.05) is 13.1 Å². The molecule has 0 heterocycles. The van der Waals surface area contributed by atoms with Gasteiger partial charge in [0.05, 0.1) is 6.54 Å². The molecule has 2 unspecified atom stereocenters. The lowest BCUT2D eigenvalue weighted by molar-refractivity contribution is -0.854. The van der Waals surface area contributed by atoms with Crippen LogP contribution in [-0.2, 0) is 0 Å². The van der Waals surface area contributed by atoms with Gasteiger partial charge in [0.15, 0.2) is 0 Å². The second-order valence-corrected chi connectivity index (χ2v) is 3.19. The highest BCUT2D eigenvalue weighted by Gasteiger charge is 2.04. The fourth-order valence-corrected chi connectivity index (χ4v) is 0.868. The van der Waals surface area contributed by atoms with Crippen LogP contribution in [0.5, 0.6) is 0 Å². The minimum atomic E-state index is -0.480. The molecular formula is C7H17NO2. The molecule has 0 aliphatic rings. The Morgan fingerprint density at radius 2 is 1.80 bits per heavy atom. The van der Waals surface area contributed by atoms with Crippen LogP contribution in [0.2, 0.25) is 0 Å². The van der Waals surface area contributed by atoms with Gasteiger partial charge in [-0.1, -0.05) is 13.8 Å². The molecule has 0 rings (SSSR count). The molecule has 0 amide bonds. The Morgan fingerprint density at radius 3 is 2.10 bits per heavy atom. The minimum Gasteiger partial charge on any atom is -0.634 e. The van der Waals surface area contributed by atoms with E-state index in [9.17, 15) is 5.21 Å². The van der Waals surface area contributed by atoms with E-state index in [1.54, 1.807) is 6.92 Å². The summed E-state index contributed by atoms with van der Waals surface area (Å²) in [5.74, 6) is 0.409. The first-order valence-electron chi connectivity index (χ1n) is 3.72. The van der Waals surface area contributed by atoms with Crippen molar-refractivity contribution in [2.24, 2.45) is 5.92 Å². The zero-order valence-electron chi connectivity index (χ0n) is 6.92. The Hall–Kier alpha value is -0.120. The van der Waals surface area contributed by atoms with E-state index in [1.807, 2.05) is 13.8 Å². The number of hydroxylamine groups is 2. The molecular weight excluding hydrogens is 130 g/mol. The van der Waals surface area contributed by atoms with E-state index in [4.69, 9.17) is 5.11 Å². The third kappa shape index (κ3) is 6.01. The molecule has 2 atom stereocenters. The maximum atomic E-state index is 10.9. The predicted molar refractivity (Wildman–Crippen MR) is 40.6 cm³/mol. The van der Waals surface area contributed by atoms with Crippen LogP contribution >= 0.6 is 0 Å². The summed E-state index contributed by atoms with van der Waals surface area (Å²) in [7, 11) is 0. The third-order valence-electron chi connectivity index (χ3n) is 1.16. The van der Waals surface area contributed by atoms with E-state index in [2.05, 4.69) is 0 Å². The van der Waals surface area contributed by atoms with E-state index in [-0.39, 0.29) is 5.06 Å². The van der Waals surface area contributed by atoms with Crippen LogP contribution in [0.1, 0.15) is 20.8 Å². The Balaban J connectivity index is 3.34. The van der Waals surface area contributed by atoms with Gasteiger partial charge in [0, 0.05) is 5.92 Å². The molecule has 2 N–H and O–H groups in total. The summed E-state index contributed by atoms with van der Waals surface area (Å²) < 4.78 is 0. The summed E-state index contributed by atoms with van der Waals surface area (Å²) >= 11 is 0. The summed E-state index contributed by atoms with van der Waals surface area (Å²) in [4.78, 5) is 0. The molecule has 62 valence electrons. The highest BCUT2D eigenvalue weighted by molar-refractivity contribution is 4.43. The van der Waals surface area contributed by atoms with Gasteiger partial charge in [0.25, 0.3) is 0 Å². The van der Waals surface area contributed by atoms with Gasteiger partial charge >= 0.3 is 0 Å². The number of hydrogen-bond donors (Lipinski definition) is 2. The van der Waals surface area contributed by atoms with E-state index in [0.29, 0.717) is 19.0 Å². The minimum absolute atomic E-state index is 0.157. The Bertz CT molecular complexity index is 73.7. The second-order valence-electron chi connectivity index (χ2n) is 3.19. The average molecular weight is 147 g/mol. The summed E-state index contributed by atoms with van der Waals surface area (Å²) in [6, 6.07) is 0. The molecule has 0 bridgehead atoms. The van der Waals surface area contributed by atoms with E-state index >= 15 is 0 Å². The topological polar surface area (TPSA) is 47.7 Å². The number of quaternary nitrogens is 1. The summed E-state index contributed by atoms with van der Waals surface area (Å²) in [5, 5.41) is 19.9. The van der Waals surface area contributed by atoms with Crippen LogP contribution in [0, 0.1) is 11.1 Å². The molecule has 3 nitrogen and oxygen atoms in total. The first-order chi connectivity index (χ1) is 4.52. The highest BCUT2D eigenvalue weighted by Crippen LogP contribution is 1.83. The molecule has 3 heteroatoms. The first kappa shape index (κ1) is 9.88. The smallest absolute Gasteiger partial charge is 0.103 e. The molecule has 0 aromatic rings. The van der Waals surface area contributed by atoms with Crippen molar-refractivity contribution in [3.05, 3.63) is 5.21 Å². The molecule has 0 saturated carbocycles. The molecule has 0 aliphatic heterocycles. The normalized spacial score (nSPS) is 17.4. The van der Waals surface area contributed by atoms with Gasteiger partial charge in [-0.2, -0.15) is 0 Å². The van der Waals surface area contributed by atoms with Crippen molar-refractivity contribution >= 4 is 0 Å². The van der Waals surface area contributed by atoms with Gasteiger partial charge in [0.1, 0.15) is 12.6 Å². The van der Waals surface area contributed by atoms with Gasteiger partial charge < -0.3 is 15.4 Å². The quantitative estimate of drug-likeness (QED) is 0.522. The van der Waals surface area contributed by atoms with Crippen LogP contribution < -0.4 is 5.06 Å². The molecule has 10 heavy (non-hydrogen) atoms. The maximum Gasteiger partial charge on any atom is 0.103 e. The third-order valence-corrected chi connectivity index (χ3v) is 1.16. The summed E-state index contributed by atoms with van der Waals surface area (Å²) in [6.45, 7) is 6.53. The van der Waals surface area contributed by atoms with Crippen LogP contribution in [0.4, 0.5) is 0 Å². The Labute approximate surface area is 62.2 Å². The zero-order valence-corrected chi connectivity index (χ0v) is 6.92. The summed E-state index contributed by atoms with van der Waals surface area (Å²) in [5.41, 5.74) is 0. The molecule has 0 spiro atoms. The fraction of sp³-hybridized carbons (Fsp3) is 1.00. The van der Waals surface area contributed by atoms with Crippen LogP contribution in [0.15, 0.2) is 0 Å². The molecule has 0 fully saturated rings. The van der Waals surface area contributed by atoms with Crippen molar-refractivity contribution < 1.29 is 10.2 Å². The lowest BCUT2D eigenvalue weighted by Gasteiger charge is -2.24. The van der Waals surface area contributed by atoms with Gasteiger partial charge in [-0.05, 0) is 6.92 Å². The van der Waals surface area contributed by atoms with E-state index in [1.165, 1.54) is 0 Å². The largest absolute Gasteiger partial charge is 0.634 e. The lowest BCUT2D eigenvalue weighted by atomic mass is 10.2. The maximum absolute atomic E-state index is 10.9. The highest BCUT2D eigenvalue weighted by atomic mass is 16.5. The van der Waals surface area contributed by atoms with Gasteiger partial charge in [-0.15, -0.1) is 0 Å². The lowest BCUT2D eigenvalue weighted by Crippen LogP contribution is -3.09. The molecule has 0 aromatic heterocycles. The SMILES string of the molecule is CC(C)C[NH+]([O-])CC(C)O. The molecule has 0 radical (unpaired) electrons. The zero-order chi connectivity index (χ0) is 8.15. The van der Waals surface area contributed by atoms with E-state index in [0.717, 1.165) is 0 Å². The van der Waals surface area contributed by atoms with E-state index < -0.39 is 6.10 Å². The van der Waals surface area contributed by atoms with Gasteiger partial charge in [0.2, 0.25) is 0 Å². The average Bonchev–Trinajstić information content (AvgIpc) is 1.58. The summed E-state index contributed by atoms with van der Waals surface area (Å²) in [6.07, 6.45) is -0.480. The van der Waals surface area contributed by atoms with Crippen molar-refractivity contribution in [1.82, 2.24) is 0 Å². The molecule has 0 saturated heterocycles.